The highest BCUT2D eigenvalue weighted by atomic mass is 32.2. The molecule has 1 saturated heterocycles. The zero-order chi connectivity index (χ0) is 9.10. The maximum absolute atomic E-state index is 9.06. The van der Waals surface area contributed by atoms with Crippen LogP contribution in [0, 0.1) is 5.92 Å². The van der Waals surface area contributed by atoms with Crippen molar-refractivity contribution in [2.24, 2.45) is 5.92 Å². The van der Waals surface area contributed by atoms with E-state index in [4.69, 9.17) is 5.11 Å². The van der Waals surface area contributed by atoms with E-state index in [-0.39, 0.29) is 6.61 Å². The van der Waals surface area contributed by atoms with Gasteiger partial charge >= 0.3 is 0 Å². The monoisotopic (exact) mass is 199 g/mol. The Bertz CT molecular complexity index is 199. The largest absolute Gasteiger partial charge is 0.392 e. The molecule has 1 aliphatic carbocycles. The number of thioether (sulfide) groups is 1. The van der Waals surface area contributed by atoms with E-state index in [0.29, 0.717) is 5.37 Å². The molecule has 0 amide bonds. The molecule has 0 saturated carbocycles. The van der Waals surface area contributed by atoms with E-state index in [1.807, 2.05) is 11.8 Å². The molecule has 1 heterocycles. The van der Waals surface area contributed by atoms with Crippen LogP contribution >= 0.6 is 11.8 Å². The maximum Gasteiger partial charge on any atom is 0.0641 e. The van der Waals surface area contributed by atoms with Gasteiger partial charge in [-0.15, -0.1) is 11.8 Å². The Hall–Kier alpha value is 0.01000. The van der Waals surface area contributed by atoms with Crippen molar-refractivity contribution in [3.63, 3.8) is 0 Å². The van der Waals surface area contributed by atoms with Crippen LogP contribution in [0.1, 0.15) is 19.3 Å². The van der Waals surface area contributed by atoms with Gasteiger partial charge in [-0.2, -0.15) is 0 Å². The predicted molar refractivity (Wildman–Crippen MR) is 56.8 cm³/mol. The van der Waals surface area contributed by atoms with Crippen LogP contribution in [0.3, 0.4) is 0 Å². The van der Waals surface area contributed by atoms with Crippen LogP contribution in [0.4, 0.5) is 0 Å². The molecule has 0 aromatic rings. The first-order valence-electron chi connectivity index (χ1n) is 5.04. The number of hydrogen-bond acceptors (Lipinski definition) is 3. The molecule has 0 spiro atoms. The van der Waals surface area contributed by atoms with Crippen molar-refractivity contribution in [3.8, 4) is 0 Å². The van der Waals surface area contributed by atoms with Crippen LogP contribution in [-0.4, -0.2) is 29.4 Å². The Balaban J connectivity index is 1.90. The van der Waals surface area contributed by atoms with Crippen LogP contribution in [0.2, 0.25) is 0 Å². The molecule has 0 radical (unpaired) electrons. The van der Waals surface area contributed by atoms with E-state index in [1.165, 1.54) is 17.7 Å². The van der Waals surface area contributed by atoms with Crippen molar-refractivity contribution in [1.82, 2.24) is 5.32 Å². The maximum atomic E-state index is 9.06. The Morgan fingerprint density at radius 3 is 3.23 bits per heavy atom. The number of aliphatic hydroxyl groups is 1. The second kappa shape index (κ2) is 4.49. The summed E-state index contributed by atoms with van der Waals surface area (Å²) in [7, 11) is 0. The summed E-state index contributed by atoms with van der Waals surface area (Å²) in [5.74, 6) is 2.00. The molecular weight excluding hydrogens is 182 g/mol. The van der Waals surface area contributed by atoms with Crippen molar-refractivity contribution >= 4 is 11.8 Å². The second-order valence-electron chi connectivity index (χ2n) is 3.81. The van der Waals surface area contributed by atoms with Gasteiger partial charge in [0.2, 0.25) is 0 Å². The Labute approximate surface area is 83.8 Å². The first kappa shape index (κ1) is 9.56. The lowest BCUT2D eigenvalue weighted by Crippen LogP contribution is -2.30. The molecule has 74 valence electrons. The van der Waals surface area contributed by atoms with Crippen molar-refractivity contribution in [2.75, 3.05) is 18.9 Å². The molecule has 2 atom stereocenters. The van der Waals surface area contributed by atoms with Crippen LogP contribution in [0.15, 0.2) is 11.6 Å². The third-order valence-corrected chi connectivity index (χ3v) is 4.22. The van der Waals surface area contributed by atoms with Gasteiger partial charge in [-0.3, -0.25) is 0 Å². The molecule has 2 aliphatic rings. The minimum Gasteiger partial charge on any atom is -0.392 e. The standard InChI is InChI=1S/C10H17NOS/c12-7-8-2-1-3-9(6-8)10-11-4-5-13-10/h2,9-12H,1,3-7H2. The zero-order valence-electron chi connectivity index (χ0n) is 7.83. The number of rotatable bonds is 2. The number of aliphatic hydroxyl groups excluding tert-OH is 1. The summed E-state index contributed by atoms with van der Waals surface area (Å²) in [5.41, 5.74) is 1.24. The van der Waals surface area contributed by atoms with E-state index < -0.39 is 0 Å². The highest BCUT2D eigenvalue weighted by molar-refractivity contribution is 8.00. The lowest BCUT2D eigenvalue weighted by molar-refractivity contribution is 0.306. The smallest absolute Gasteiger partial charge is 0.0641 e. The van der Waals surface area contributed by atoms with Crippen LogP contribution < -0.4 is 5.32 Å². The average molecular weight is 199 g/mol. The molecule has 13 heavy (non-hydrogen) atoms. The Morgan fingerprint density at radius 2 is 2.54 bits per heavy atom. The second-order valence-corrected chi connectivity index (χ2v) is 5.06. The summed E-state index contributed by atoms with van der Waals surface area (Å²) in [6.45, 7) is 1.41. The van der Waals surface area contributed by atoms with Crippen LogP contribution in [-0.2, 0) is 0 Å². The van der Waals surface area contributed by atoms with E-state index in [2.05, 4.69) is 11.4 Å². The van der Waals surface area contributed by atoms with Crippen molar-refractivity contribution in [2.45, 2.75) is 24.6 Å². The quantitative estimate of drug-likeness (QED) is 0.659. The predicted octanol–water partition coefficient (Wildman–Crippen LogP) is 1.37. The van der Waals surface area contributed by atoms with Gasteiger partial charge in [-0.05, 0) is 30.8 Å². The lowest BCUT2D eigenvalue weighted by Gasteiger charge is -2.26. The Kier molecular flexibility index (Phi) is 3.30. The molecule has 0 aromatic heterocycles. The van der Waals surface area contributed by atoms with Crippen LogP contribution in [0.5, 0.6) is 0 Å². The summed E-state index contributed by atoms with van der Waals surface area (Å²) in [6.07, 6.45) is 5.74. The summed E-state index contributed by atoms with van der Waals surface area (Å²) in [5, 5.41) is 13.2. The van der Waals surface area contributed by atoms with Crippen LogP contribution in [0.25, 0.3) is 0 Å². The third kappa shape index (κ3) is 2.27. The van der Waals surface area contributed by atoms with Crippen molar-refractivity contribution in [3.05, 3.63) is 11.6 Å². The van der Waals surface area contributed by atoms with E-state index in [0.717, 1.165) is 25.3 Å². The SMILES string of the molecule is OCC1=CCCC(C2NCCS2)C1. The molecule has 3 heteroatoms. The van der Waals surface area contributed by atoms with Gasteiger partial charge in [0.25, 0.3) is 0 Å². The molecule has 1 aliphatic heterocycles. The molecule has 2 rings (SSSR count). The van der Waals surface area contributed by atoms with Gasteiger partial charge in [-0.1, -0.05) is 6.08 Å². The lowest BCUT2D eigenvalue weighted by atomic mass is 9.89. The van der Waals surface area contributed by atoms with Gasteiger partial charge in [0.05, 0.1) is 12.0 Å². The minimum atomic E-state index is 0.258. The summed E-state index contributed by atoms with van der Waals surface area (Å²) in [4.78, 5) is 0. The number of allylic oxidation sites excluding steroid dienone is 1. The minimum absolute atomic E-state index is 0.258. The Morgan fingerprint density at radius 1 is 1.62 bits per heavy atom. The summed E-state index contributed by atoms with van der Waals surface area (Å²) in [6, 6.07) is 0. The fraction of sp³-hybridized carbons (Fsp3) is 0.800. The first-order chi connectivity index (χ1) is 6.40. The van der Waals surface area contributed by atoms with Crippen molar-refractivity contribution in [1.29, 1.82) is 0 Å². The zero-order valence-corrected chi connectivity index (χ0v) is 8.65. The third-order valence-electron chi connectivity index (χ3n) is 2.87. The van der Waals surface area contributed by atoms with Gasteiger partial charge in [-0.25, -0.2) is 0 Å². The average Bonchev–Trinajstić information content (AvgIpc) is 2.71. The highest BCUT2D eigenvalue weighted by Gasteiger charge is 2.26. The molecule has 0 bridgehead atoms. The number of hydrogen-bond donors (Lipinski definition) is 2. The fourth-order valence-electron chi connectivity index (χ4n) is 2.16. The van der Waals surface area contributed by atoms with E-state index in [9.17, 15) is 0 Å². The molecule has 2 unspecified atom stereocenters. The molecular formula is C10H17NOS. The number of nitrogens with one attached hydrogen (secondary N) is 1. The van der Waals surface area contributed by atoms with E-state index in [1.54, 1.807) is 0 Å². The van der Waals surface area contributed by atoms with Gasteiger partial charge < -0.3 is 10.4 Å². The fourth-order valence-corrected chi connectivity index (χ4v) is 3.39. The molecule has 0 aromatic carbocycles. The summed E-state index contributed by atoms with van der Waals surface area (Å²) < 4.78 is 0. The van der Waals surface area contributed by atoms with Gasteiger partial charge in [0.1, 0.15) is 0 Å². The first-order valence-corrected chi connectivity index (χ1v) is 6.09. The van der Waals surface area contributed by atoms with E-state index >= 15 is 0 Å². The van der Waals surface area contributed by atoms with Gasteiger partial charge in [0.15, 0.2) is 0 Å². The van der Waals surface area contributed by atoms with Gasteiger partial charge in [0, 0.05) is 12.3 Å². The molecule has 1 fully saturated rings. The normalized spacial score (nSPS) is 34.7. The molecule has 2 nitrogen and oxygen atoms in total. The molecule has 2 N–H and O–H groups in total. The highest BCUT2D eigenvalue weighted by Crippen LogP contribution is 2.33. The topological polar surface area (TPSA) is 32.3 Å². The summed E-state index contributed by atoms with van der Waals surface area (Å²) >= 11 is 2.04. The van der Waals surface area contributed by atoms with Crippen molar-refractivity contribution < 1.29 is 5.11 Å².